The number of hydrogen-bond donors (Lipinski definition) is 5. The van der Waals surface area contributed by atoms with E-state index in [-0.39, 0.29) is 12.3 Å². The maximum atomic E-state index is 13.8. The molecule has 0 aliphatic heterocycles. The number of likely N-dealkylation sites (N-methyl/N-ethyl adjacent to an activating group) is 1. The molecule has 11 heteroatoms. The molecule has 0 bridgehead atoms. The van der Waals surface area contributed by atoms with Gasteiger partial charge < -0.3 is 31.3 Å². The molecule has 3 atom stereocenters. The first kappa shape index (κ1) is 34.7. The van der Waals surface area contributed by atoms with Crippen molar-refractivity contribution >= 4 is 29.5 Å². The van der Waals surface area contributed by atoms with Crippen molar-refractivity contribution in [2.24, 2.45) is 5.92 Å². The highest BCUT2D eigenvalue weighted by Gasteiger charge is 2.44. The van der Waals surface area contributed by atoms with Gasteiger partial charge in [0.05, 0.1) is 12.0 Å². The minimum Gasteiger partial charge on any atom is -0.392 e. The Balaban J connectivity index is 2.23. The van der Waals surface area contributed by atoms with Crippen LogP contribution >= 0.6 is 0 Å². The van der Waals surface area contributed by atoms with E-state index in [1.807, 2.05) is 30.3 Å². The minimum absolute atomic E-state index is 0.148. The number of carbonyl (C=O) groups excluding carboxylic acids is 5. The molecule has 1 aromatic carbocycles. The summed E-state index contributed by atoms with van der Waals surface area (Å²) in [7, 11) is 3.17. The molecule has 42 heavy (non-hydrogen) atoms. The van der Waals surface area contributed by atoms with Gasteiger partial charge in [-0.15, -0.1) is 0 Å². The smallest absolute Gasteiger partial charge is 0.247 e. The molecule has 0 radical (unpaired) electrons. The molecule has 0 spiro atoms. The van der Waals surface area contributed by atoms with Crippen LogP contribution in [0.15, 0.2) is 30.3 Å². The van der Waals surface area contributed by atoms with Gasteiger partial charge in [-0.3, -0.25) is 24.0 Å². The van der Waals surface area contributed by atoms with Crippen LogP contribution in [0.4, 0.5) is 0 Å². The lowest BCUT2D eigenvalue weighted by Gasteiger charge is -2.38. The first-order valence-electron chi connectivity index (χ1n) is 14.5. The molecule has 1 aromatic rings. The Morgan fingerprint density at radius 1 is 0.738 bits per heavy atom. The Bertz CT molecular complexity index is 1160. The number of aliphatic hydroxyl groups excluding tert-OH is 1. The fraction of sp³-hybridized carbons (Fsp3) is 0.645. The lowest BCUT2D eigenvalue weighted by molar-refractivity contribution is -0.143. The molecular weight excluding hydrogens is 538 g/mol. The molecular formula is C31H49N5O6. The third-order valence-electron chi connectivity index (χ3n) is 7.72. The fourth-order valence-electron chi connectivity index (χ4n) is 5.00. The molecule has 5 amide bonds. The van der Waals surface area contributed by atoms with E-state index in [9.17, 15) is 29.1 Å². The van der Waals surface area contributed by atoms with E-state index in [0.717, 1.165) is 18.4 Å². The summed E-state index contributed by atoms with van der Waals surface area (Å²) in [4.78, 5) is 67.5. The van der Waals surface area contributed by atoms with E-state index in [1.54, 1.807) is 34.9 Å². The molecule has 5 N–H and O–H groups in total. The van der Waals surface area contributed by atoms with Gasteiger partial charge in [-0.2, -0.15) is 0 Å². The Morgan fingerprint density at radius 2 is 1.21 bits per heavy atom. The molecule has 0 unspecified atom stereocenters. The van der Waals surface area contributed by atoms with Crippen molar-refractivity contribution in [3.63, 3.8) is 0 Å². The van der Waals surface area contributed by atoms with Crippen LogP contribution in [0, 0.1) is 5.92 Å². The van der Waals surface area contributed by atoms with Gasteiger partial charge in [0, 0.05) is 20.5 Å². The second-order valence-electron chi connectivity index (χ2n) is 13.4. The van der Waals surface area contributed by atoms with Crippen LogP contribution < -0.4 is 21.3 Å². The first-order valence-corrected chi connectivity index (χ1v) is 14.5. The van der Waals surface area contributed by atoms with Crippen molar-refractivity contribution in [3.8, 4) is 0 Å². The zero-order chi connectivity index (χ0) is 32.1. The second-order valence-corrected chi connectivity index (χ2v) is 13.4. The monoisotopic (exact) mass is 587 g/mol. The highest BCUT2D eigenvalue weighted by molar-refractivity contribution is 6.00. The molecule has 234 valence electrons. The fourth-order valence-corrected chi connectivity index (χ4v) is 5.00. The van der Waals surface area contributed by atoms with Crippen LogP contribution in [0.2, 0.25) is 0 Å². The Hall–Kier alpha value is -3.47. The highest BCUT2D eigenvalue weighted by atomic mass is 16.3. The molecule has 1 saturated carbocycles. The summed E-state index contributed by atoms with van der Waals surface area (Å²) < 4.78 is 0. The largest absolute Gasteiger partial charge is 0.392 e. The van der Waals surface area contributed by atoms with E-state index in [2.05, 4.69) is 21.3 Å². The summed E-state index contributed by atoms with van der Waals surface area (Å²) in [6.07, 6.45) is 2.07. The Morgan fingerprint density at radius 3 is 1.71 bits per heavy atom. The van der Waals surface area contributed by atoms with Gasteiger partial charge in [0.1, 0.15) is 22.2 Å². The van der Waals surface area contributed by atoms with Gasteiger partial charge in [0.15, 0.2) is 0 Å². The van der Waals surface area contributed by atoms with Crippen molar-refractivity contribution in [1.82, 2.24) is 26.2 Å². The molecule has 0 heterocycles. The number of nitrogens with one attached hydrogen (secondary N) is 4. The van der Waals surface area contributed by atoms with Crippen LogP contribution in [0.3, 0.4) is 0 Å². The summed E-state index contributed by atoms with van der Waals surface area (Å²) >= 11 is 0. The Labute approximate surface area is 249 Å². The third kappa shape index (κ3) is 8.77. The topological polar surface area (TPSA) is 157 Å². The van der Waals surface area contributed by atoms with Crippen LogP contribution in [-0.2, 0) is 30.4 Å². The molecule has 2 rings (SSSR count). The van der Waals surface area contributed by atoms with E-state index < -0.39 is 57.8 Å². The number of nitrogens with zero attached hydrogens (tertiary/aromatic N) is 1. The zero-order valence-electron chi connectivity index (χ0n) is 26.5. The maximum absolute atomic E-state index is 13.8. The second kappa shape index (κ2) is 13.2. The number of hydrogen-bond acceptors (Lipinski definition) is 6. The van der Waals surface area contributed by atoms with Gasteiger partial charge in [0.2, 0.25) is 29.5 Å². The normalized spacial score (nSPS) is 19.1. The van der Waals surface area contributed by atoms with Gasteiger partial charge in [0.25, 0.3) is 0 Å². The molecule has 0 aromatic heterocycles. The molecule has 1 aliphatic carbocycles. The van der Waals surface area contributed by atoms with Crippen LogP contribution in [0.5, 0.6) is 0 Å². The Kier molecular flexibility index (Phi) is 10.9. The van der Waals surface area contributed by atoms with Crippen LogP contribution in [0.1, 0.15) is 79.7 Å². The van der Waals surface area contributed by atoms with Gasteiger partial charge in [-0.1, -0.05) is 43.2 Å². The number of amides is 5. The first-order chi connectivity index (χ1) is 19.2. The summed E-state index contributed by atoms with van der Waals surface area (Å²) in [5.74, 6) is -3.16. The molecule has 1 fully saturated rings. The number of carbonyl (C=O) groups is 5. The summed E-state index contributed by atoms with van der Waals surface area (Å²) in [5.41, 5.74) is -4.78. The van der Waals surface area contributed by atoms with Gasteiger partial charge in [-0.05, 0) is 66.9 Å². The van der Waals surface area contributed by atoms with Gasteiger partial charge >= 0.3 is 0 Å². The number of rotatable bonds is 11. The van der Waals surface area contributed by atoms with Crippen molar-refractivity contribution in [2.75, 3.05) is 14.1 Å². The average molecular weight is 588 g/mol. The van der Waals surface area contributed by atoms with E-state index in [1.165, 1.54) is 32.6 Å². The third-order valence-corrected chi connectivity index (χ3v) is 7.72. The SMILES string of the molecule is CN(C)C(=O)C(C)(C)NC(=O)C(C)(C)NC(=O)C(C)(C)NC(=O)[C@](C)(Cc1ccccc1)NC(=O)[C@@H]1CCCC[C@H]1O. The standard InChI is InChI=1S/C31H49N5O6/c1-28(2,25(40)34-30(5,6)27(42)36(8)9)33-24(39)29(3,4)35-26(41)31(7,19-20-15-11-10-12-16-20)32-23(38)21-17-13-14-18-22(21)37/h10-12,15-16,21-22,37H,13-14,17-19H2,1-9H3,(H,32,38)(H,33,39)(H,34,40)(H,35,41)/t21-,22-,31+/m1/s1. The van der Waals surface area contributed by atoms with Crippen molar-refractivity contribution in [3.05, 3.63) is 35.9 Å². The van der Waals surface area contributed by atoms with E-state index >= 15 is 0 Å². The minimum atomic E-state index is -1.49. The van der Waals surface area contributed by atoms with Crippen LogP contribution in [0.25, 0.3) is 0 Å². The molecule has 1 aliphatic rings. The zero-order valence-corrected chi connectivity index (χ0v) is 26.5. The number of aliphatic hydroxyl groups is 1. The maximum Gasteiger partial charge on any atom is 0.247 e. The van der Waals surface area contributed by atoms with E-state index in [0.29, 0.717) is 12.8 Å². The van der Waals surface area contributed by atoms with E-state index in [4.69, 9.17) is 0 Å². The predicted molar refractivity (Wildman–Crippen MR) is 160 cm³/mol. The van der Waals surface area contributed by atoms with Crippen molar-refractivity contribution < 1.29 is 29.1 Å². The summed E-state index contributed by atoms with van der Waals surface area (Å²) in [5, 5.41) is 21.4. The lowest BCUT2D eigenvalue weighted by atomic mass is 9.84. The predicted octanol–water partition coefficient (Wildman–Crippen LogP) is 1.43. The van der Waals surface area contributed by atoms with Crippen LogP contribution in [-0.4, -0.2) is 81.9 Å². The van der Waals surface area contributed by atoms with Crippen molar-refractivity contribution in [2.45, 2.75) is 109 Å². The lowest BCUT2D eigenvalue weighted by Crippen LogP contribution is -2.68. The quantitative estimate of drug-likeness (QED) is 0.264. The van der Waals surface area contributed by atoms with Gasteiger partial charge in [-0.25, -0.2) is 0 Å². The van der Waals surface area contributed by atoms with Crippen molar-refractivity contribution in [1.29, 1.82) is 0 Å². The molecule has 0 saturated heterocycles. The number of benzene rings is 1. The summed E-state index contributed by atoms with van der Waals surface area (Å²) in [6, 6.07) is 9.20. The molecule has 11 nitrogen and oxygen atoms in total. The average Bonchev–Trinajstić information content (AvgIpc) is 2.88. The summed E-state index contributed by atoms with van der Waals surface area (Å²) in [6.45, 7) is 10.8. The highest BCUT2D eigenvalue weighted by Crippen LogP contribution is 2.26.